The number of nitrogens with zero attached hydrogens (tertiary/aromatic N) is 1. The fraction of sp³-hybridized carbons (Fsp3) is 0.535. The van der Waals surface area contributed by atoms with Gasteiger partial charge in [0.05, 0.1) is 64.7 Å². The highest BCUT2D eigenvalue weighted by Gasteiger charge is 2.24. The average molecular weight is 1880 g/mol. The molecule has 21 heteroatoms. The molecule has 0 amide bonds. The number of unbranched alkanes of at least 4 members (excludes halogenated alkanes) is 6. The molecule has 0 radical (unpaired) electrons. The van der Waals surface area contributed by atoms with Gasteiger partial charge in [0, 0.05) is 18.3 Å². The molecule has 0 aliphatic rings. The van der Waals surface area contributed by atoms with Gasteiger partial charge in [-0.3, -0.25) is 4.98 Å². The van der Waals surface area contributed by atoms with Crippen molar-refractivity contribution in [3.8, 4) is 51.7 Å². The zero-order valence-electron chi connectivity index (χ0n) is 84.9. The van der Waals surface area contributed by atoms with E-state index in [-0.39, 0.29) is 88.7 Å². The zero-order valence-corrected chi connectivity index (χ0v) is 84.9. The van der Waals surface area contributed by atoms with Gasteiger partial charge in [0.2, 0.25) is 0 Å². The molecule has 9 aromatic rings. The molecular weight excluding hydrogens is 1710 g/mol. The van der Waals surface area contributed by atoms with Gasteiger partial charge in [-0.25, -0.2) is 8.78 Å². The Labute approximate surface area is 811 Å². The minimum Gasteiger partial charge on any atom is -0.491 e. The lowest BCUT2D eigenvalue weighted by Crippen LogP contribution is -2.18. The highest BCUT2D eigenvalue weighted by molar-refractivity contribution is 5.41. The number of hydrogen-bond donors (Lipinski definition) is 9. The van der Waals surface area contributed by atoms with Crippen LogP contribution in [0.4, 0.5) is 8.78 Å². The summed E-state index contributed by atoms with van der Waals surface area (Å²) in [6.07, 6.45) is 27.3. The molecule has 1 aromatic heterocycles. The lowest BCUT2D eigenvalue weighted by atomic mass is 9.80. The van der Waals surface area contributed by atoms with E-state index < -0.39 is 6.10 Å². The Morgan fingerprint density at radius 2 is 0.674 bits per heavy atom. The van der Waals surface area contributed by atoms with E-state index in [9.17, 15) is 8.78 Å². The van der Waals surface area contributed by atoms with Gasteiger partial charge in [0.15, 0.2) is 0 Å². The molecule has 0 saturated carbocycles. The summed E-state index contributed by atoms with van der Waals surface area (Å²) in [6.45, 7) is 36.4. The first-order valence-corrected chi connectivity index (χ1v) is 49.7. The van der Waals surface area contributed by atoms with Crippen LogP contribution in [0.5, 0.6) is 51.7 Å². The number of rotatable bonds is 54. The number of aliphatic hydroxyl groups excluding tert-OH is 9. The van der Waals surface area contributed by atoms with E-state index >= 15 is 0 Å². The molecule has 0 fully saturated rings. The normalized spacial score (nSPS) is 11.6. The van der Waals surface area contributed by atoms with E-state index in [4.69, 9.17) is 88.6 Å². The average Bonchev–Trinajstić information content (AvgIpc) is 0.819. The second kappa shape index (κ2) is 80.7. The van der Waals surface area contributed by atoms with E-state index in [2.05, 4.69) is 131 Å². The highest BCUT2D eigenvalue weighted by Crippen LogP contribution is 2.36. The molecule has 8 aromatic carbocycles. The lowest BCUT2D eigenvalue weighted by Gasteiger charge is -2.27. The maximum atomic E-state index is 13.1. The number of aromatic nitrogens is 1. The van der Waals surface area contributed by atoms with Crippen molar-refractivity contribution in [2.24, 2.45) is 5.92 Å². The minimum absolute atomic E-state index is 0.0438. The summed E-state index contributed by atoms with van der Waals surface area (Å²) in [6, 6.07) is 61.3. The summed E-state index contributed by atoms with van der Waals surface area (Å²) >= 11 is 0. The monoisotopic (exact) mass is 1880 g/mol. The van der Waals surface area contributed by atoms with Gasteiger partial charge in [0.1, 0.15) is 122 Å². The van der Waals surface area contributed by atoms with E-state index in [1.807, 2.05) is 128 Å². The molecule has 1 heterocycles. The van der Waals surface area contributed by atoms with Crippen molar-refractivity contribution in [3.05, 3.63) is 262 Å². The minimum atomic E-state index is -0.413. The van der Waals surface area contributed by atoms with Gasteiger partial charge in [-0.1, -0.05) is 269 Å². The van der Waals surface area contributed by atoms with Crippen LogP contribution in [0.25, 0.3) is 0 Å². The van der Waals surface area contributed by atoms with Gasteiger partial charge in [-0.15, -0.1) is 0 Å². The predicted octanol–water partition coefficient (Wildman–Crippen LogP) is 24.0. The van der Waals surface area contributed by atoms with E-state index in [1.165, 1.54) is 115 Å². The van der Waals surface area contributed by atoms with Crippen molar-refractivity contribution in [3.63, 3.8) is 0 Å². The maximum absolute atomic E-state index is 13.1. The van der Waals surface area contributed by atoms with Gasteiger partial charge in [-0.2, -0.15) is 0 Å². The standard InChI is InChI=1S/C14H22O2.C13H19FO2.4C13H20O2.C12H17FO2.C12H18O2.C11H17NO2/c1-4-9-14(2,3)12-7-5-6-8-13(12)16-11-10-15;1-3-4-5-11-6-7-12(14)8-13(11)16-10(2)9-15;1-3-11(2)10-12-6-4-5-7-13(12)15-9-8-14;1-3-6-11(2)12-7-4-5-8-13(12)15-10-9-14;1-3-4-7-12-8-5-6-9-13(12)15-10-11(2)14;1-3-4-7-12-8-5-6-9-13(12)15-11(2)10-14;1-2-3-4-10-5-6-11(13)9-12(10)15-8-7-14;1-2-3-6-11-7-4-5-8-12(11)14-10-9-13;1-2-3-5-10-11(14-9-8-13)6-4-7-12-10/h5-8,15H,4,9-11H2,1-3H3;6-8,10,15H,3-5,9H2,1-2H3;4-7,11,14H,3,8-10H2,1-2H3;4-5,7-8,11,14H,3,6,9-10H2,1-2H3;2*5-6,8-9,11,14H,3-4,7,10H2,1-2H3;5-6,9,14H,2-4,7-8H2,1H3;4-5,7-8,13H,2-3,6,9-10H2,1H3;4,6-7,13H,2-3,5,8-9H2,1H3. The van der Waals surface area contributed by atoms with Crippen molar-refractivity contribution >= 4 is 0 Å². The summed E-state index contributed by atoms with van der Waals surface area (Å²) in [5.74, 6) is 7.93. The topological polar surface area (TPSA) is 278 Å². The van der Waals surface area contributed by atoms with Gasteiger partial charge in [0.25, 0.3) is 0 Å². The number of aliphatic hydroxyl groups is 9. The first kappa shape index (κ1) is 124. The quantitative estimate of drug-likeness (QED) is 0.0171. The molecule has 0 aliphatic carbocycles. The zero-order chi connectivity index (χ0) is 99.9. The van der Waals surface area contributed by atoms with Crippen molar-refractivity contribution < 1.29 is 97.4 Å². The third-order valence-electron chi connectivity index (χ3n) is 21.2. The molecule has 756 valence electrons. The summed E-state index contributed by atoms with van der Waals surface area (Å²) in [4.78, 5) is 4.26. The van der Waals surface area contributed by atoms with Crippen LogP contribution in [-0.2, 0) is 50.4 Å². The first-order valence-electron chi connectivity index (χ1n) is 49.7. The van der Waals surface area contributed by atoms with Gasteiger partial charge < -0.3 is 88.6 Å². The molecule has 0 bridgehead atoms. The summed E-state index contributed by atoms with van der Waals surface area (Å²) in [5.41, 5.74) is 10.5. The van der Waals surface area contributed by atoms with Crippen LogP contribution in [0.3, 0.4) is 0 Å². The summed E-state index contributed by atoms with van der Waals surface area (Å²) in [5, 5.41) is 79.2. The van der Waals surface area contributed by atoms with Crippen molar-refractivity contribution in [1.82, 2.24) is 4.98 Å². The fourth-order valence-corrected chi connectivity index (χ4v) is 13.7. The van der Waals surface area contributed by atoms with E-state index in [0.717, 1.165) is 153 Å². The number of ether oxygens (including phenoxy) is 9. The van der Waals surface area contributed by atoms with Crippen molar-refractivity contribution in [2.45, 2.75) is 295 Å². The molecular formula is C114H173F2NO18. The number of pyridine rings is 1. The van der Waals surface area contributed by atoms with E-state index in [0.29, 0.717) is 63.0 Å². The largest absolute Gasteiger partial charge is 0.491 e. The Balaban J connectivity index is 0.000000760. The first-order chi connectivity index (χ1) is 65.4. The Morgan fingerprint density at radius 3 is 1.11 bits per heavy atom. The number of para-hydroxylation sites is 6. The Hall–Kier alpha value is -9.39. The molecule has 5 atom stereocenters. The van der Waals surface area contributed by atoms with Crippen LogP contribution in [0.15, 0.2) is 200 Å². The number of aryl methyl sites for hydroxylation is 6. The van der Waals surface area contributed by atoms with Crippen molar-refractivity contribution in [1.29, 1.82) is 0 Å². The van der Waals surface area contributed by atoms with Gasteiger partial charge in [-0.05, 0) is 240 Å². The molecule has 9 rings (SSSR count). The smallest absolute Gasteiger partial charge is 0.140 e. The van der Waals surface area contributed by atoms with Crippen LogP contribution in [-0.4, -0.2) is 168 Å². The number of hydrogen-bond acceptors (Lipinski definition) is 19. The Morgan fingerprint density at radius 1 is 0.333 bits per heavy atom. The Bertz CT molecular complexity index is 4150. The highest BCUT2D eigenvalue weighted by atomic mass is 19.1. The second-order valence-corrected chi connectivity index (χ2v) is 33.9. The Kier molecular flexibility index (Phi) is 73.9. The van der Waals surface area contributed by atoms with Crippen LogP contribution in [0.2, 0.25) is 0 Å². The summed E-state index contributed by atoms with van der Waals surface area (Å²) in [7, 11) is 0. The molecule has 5 unspecified atom stereocenters. The number of benzene rings is 8. The molecule has 0 spiro atoms. The second-order valence-electron chi connectivity index (χ2n) is 33.9. The molecule has 0 saturated heterocycles. The molecule has 135 heavy (non-hydrogen) atoms. The van der Waals surface area contributed by atoms with Crippen LogP contribution in [0.1, 0.15) is 276 Å². The van der Waals surface area contributed by atoms with Crippen LogP contribution in [0, 0.1) is 17.6 Å². The third kappa shape index (κ3) is 56.8. The number of halogens is 2. The SMILES string of the molecule is CCC(C)Cc1ccccc1OCCO.CCCC(C)(C)c1ccccc1OCCO.CCCC(C)c1ccccc1OCCO.CCCCc1ccc(F)cc1OC(C)CO.CCCCc1ccc(F)cc1OCCO.CCCCc1ccccc1OC(C)CO.CCCCc1ccccc1OCC(C)O.CCCCc1ccccc1OCCO.CCCCc1ncccc1OCCO. The molecule has 0 aliphatic heterocycles. The lowest BCUT2D eigenvalue weighted by molar-refractivity contribution is 0.122. The molecule has 9 N–H and O–H groups in total. The summed E-state index contributed by atoms with van der Waals surface area (Å²) < 4.78 is 75.3. The fourth-order valence-electron chi connectivity index (χ4n) is 13.7. The third-order valence-corrected chi connectivity index (χ3v) is 21.2. The van der Waals surface area contributed by atoms with Crippen LogP contribution >= 0.6 is 0 Å². The van der Waals surface area contributed by atoms with Gasteiger partial charge >= 0.3 is 0 Å². The van der Waals surface area contributed by atoms with Crippen molar-refractivity contribution in [2.75, 3.05) is 99.1 Å². The van der Waals surface area contributed by atoms with E-state index in [1.54, 1.807) is 32.2 Å². The molecule has 19 nitrogen and oxygen atoms in total. The van der Waals surface area contributed by atoms with Crippen LogP contribution < -0.4 is 42.6 Å². The maximum Gasteiger partial charge on any atom is 0.140 e. The predicted molar refractivity (Wildman–Crippen MR) is 549 cm³/mol.